The van der Waals surface area contributed by atoms with Gasteiger partial charge in [-0.15, -0.1) is 0 Å². The number of morpholine rings is 1. The van der Waals surface area contributed by atoms with E-state index >= 15 is 0 Å². The third-order valence-electron chi connectivity index (χ3n) is 5.20. The summed E-state index contributed by atoms with van der Waals surface area (Å²) in [4.78, 5) is 25.7. The smallest absolute Gasteiger partial charge is 0.378 e. The van der Waals surface area contributed by atoms with Crippen LogP contribution < -0.4 is 5.32 Å². The molecule has 1 saturated heterocycles. The van der Waals surface area contributed by atoms with Crippen molar-refractivity contribution < 1.29 is 41.0 Å². The second kappa shape index (κ2) is 9.53. The van der Waals surface area contributed by atoms with Crippen LogP contribution in [0.3, 0.4) is 0 Å². The summed E-state index contributed by atoms with van der Waals surface area (Å²) in [6.45, 7) is 1.52. The normalized spacial score (nSPS) is 16.6. The molecule has 0 saturated carbocycles. The van der Waals surface area contributed by atoms with Gasteiger partial charge in [-0.2, -0.15) is 13.2 Å². The Morgan fingerprint density at radius 1 is 1.12 bits per heavy atom. The van der Waals surface area contributed by atoms with Crippen LogP contribution in [-0.2, 0) is 19.4 Å². The molecule has 0 unspecified atom stereocenters. The van der Waals surface area contributed by atoms with Gasteiger partial charge in [-0.1, -0.05) is 23.7 Å². The van der Waals surface area contributed by atoms with Crippen molar-refractivity contribution in [2.24, 2.45) is 0 Å². The third kappa shape index (κ3) is 5.04. The van der Waals surface area contributed by atoms with E-state index in [-0.39, 0.29) is 33.0 Å². The number of hydrogen-bond donors (Lipinski definition) is 2. The van der Waals surface area contributed by atoms with Gasteiger partial charge in [-0.3, -0.25) is 9.59 Å². The Morgan fingerprint density at radius 3 is 2.32 bits per heavy atom. The van der Waals surface area contributed by atoms with Crippen molar-refractivity contribution >= 4 is 38.9 Å². The van der Waals surface area contributed by atoms with Crippen molar-refractivity contribution in [1.29, 1.82) is 0 Å². The maximum absolute atomic E-state index is 13.3. The Balaban J connectivity index is 1.92. The largest absolute Gasteiger partial charge is 0.426 e. The fourth-order valence-corrected chi connectivity index (χ4v) is 4.85. The van der Waals surface area contributed by atoms with Crippen molar-refractivity contribution in [1.82, 2.24) is 4.90 Å². The van der Waals surface area contributed by atoms with Gasteiger partial charge < -0.3 is 20.1 Å². The summed E-state index contributed by atoms with van der Waals surface area (Å²) < 4.78 is 70.4. The van der Waals surface area contributed by atoms with Crippen LogP contribution in [0.1, 0.15) is 17.3 Å². The second-order valence-corrected chi connectivity index (χ2v) is 9.90. The van der Waals surface area contributed by atoms with Gasteiger partial charge in [0, 0.05) is 13.1 Å². The number of anilines is 1. The van der Waals surface area contributed by atoms with E-state index in [9.17, 15) is 36.3 Å². The number of nitrogens with one attached hydrogen (secondary N) is 1. The molecule has 2 N–H and O–H groups in total. The van der Waals surface area contributed by atoms with E-state index < -0.39 is 33.4 Å². The summed E-state index contributed by atoms with van der Waals surface area (Å²) in [7, 11) is -4.28. The summed E-state index contributed by atoms with van der Waals surface area (Å²) in [5.41, 5.74) is -4.09. The molecule has 13 heteroatoms. The predicted molar refractivity (Wildman–Crippen MR) is 115 cm³/mol. The molecule has 1 atom stereocenters. The molecule has 0 aliphatic carbocycles. The van der Waals surface area contributed by atoms with E-state index in [0.29, 0.717) is 26.3 Å². The Labute approximate surface area is 198 Å². The number of ether oxygens (including phenoxy) is 1. The van der Waals surface area contributed by atoms with Crippen LogP contribution in [-0.4, -0.2) is 68.3 Å². The molecule has 2 aromatic carbocycles. The number of rotatable bonds is 5. The fourth-order valence-electron chi connectivity index (χ4n) is 3.08. The highest BCUT2D eigenvalue weighted by molar-refractivity contribution is 7.91. The summed E-state index contributed by atoms with van der Waals surface area (Å²) >= 11 is 6.02. The van der Waals surface area contributed by atoms with Gasteiger partial charge in [0.2, 0.25) is 15.4 Å². The van der Waals surface area contributed by atoms with Gasteiger partial charge in [-0.25, -0.2) is 8.42 Å². The van der Waals surface area contributed by atoms with E-state index in [4.69, 9.17) is 16.3 Å². The van der Waals surface area contributed by atoms with E-state index in [1.165, 1.54) is 29.2 Å². The van der Waals surface area contributed by atoms with E-state index in [2.05, 4.69) is 0 Å². The van der Waals surface area contributed by atoms with Crippen molar-refractivity contribution in [3.63, 3.8) is 0 Å². The number of halogens is 4. The molecule has 2 amide bonds. The van der Waals surface area contributed by atoms with Gasteiger partial charge in [0.25, 0.3) is 11.8 Å². The number of carbonyl (C=O) groups is 2. The lowest BCUT2D eigenvalue weighted by atomic mass is 10.1. The number of amides is 2. The Kier molecular flexibility index (Phi) is 7.27. The highest BCUT2D eigenvalue weighted by Gasteiger charge is 2.55. The van der Waals surface area contributed by atoms with Crippen molar-refractivity contribution in [2.45, 2.75) is 28.5 Å². The van der Waals surface area contributed by atoms with Gasteiger partial charge in [-0.05, 0) is 37.3 Å². The molecule has 1 fully saturated rings. The maximum atomic E-state index is 13.3. The molecule has 0 spiro atoms. The van der Waals surface area contributed by atoms with Crippen LogP contribution in [0.5, 0.6) is 0 Å². The van der Waals surface area contributed by atoms with Gasteiger partial charge >= 0.3 is 6.18 Å². The van der Waals surface area contributed by atoms with Crippen molar-refractivity contribution in [3.8, 4) is 0 Å². The van der Waals surface area contributed by atoms with Crippen LogP contribution in [0, 0.1) is 0 Å². The minimum atomic E-state index is -5.25. The molecule has 1 aliphatic heterocycles. The van der Waals surface area contributed by atoms with Crippen LogP contribution >= 0.6 is 11.6 Å². The highest BCUT2D eigenvalue weighted by atomic mass is 35.5. The zero-order chi connectivity index (χ0) is 25.3. The number of benzene rings is 2. The summed E-state index contributed by atoms with van der Waals surface area (Å²) in [5, 5.41) is 10.9. The Hall–Kier alpha value is -2.67. The third-order valence-corrected chi connectivity index (χ3v) is 7.32. The first kappa shape index (κ1) is 25.9. The molecule has 184 valence electrons. The lowest BCUT2D eigenvalue weighted by molar-refractivity contribution is -0.242. The molecule has 2 aromatic rings. The Morgan fingerprint density at radius 2 is 1.74 bits per heavy atom. The number of carbonyl (C=O) groups excluding carboxylic acids is 2. The number of alkyl halides is 3. The first-order valence-electron chi connectivity index (χ1n) is 9.88. The number of nitrogens with zero attached hydrogens (tertiary/aromatic N) is 1. The maximum Gasteiger partial charge on any atom is 0.426 e. The van der Waals surface area contributed by atoms with Crippen LogP contribution in [0.4, 0.5) is 18.9 Å². The molecule has 0 aromatic heterocycles. The molecular formula is C21H20ClF3N2O6S. The summed E-state index contributed by atoms with van der Waals surface area (Å²) in [6.07, 6.45) is -5.25. The van der Waals surface area contributed by atoms with Gasteiger partial charge in [0.15, 0.2) is 0 Å². The topological polar surface area (TPSA) is 113 Å². The molecular weight excluding hydrogens is 501 g/mol. The number of sulfone groups is 1. The summed E-state index contributed by atoms with van der Waals surface area (Å²) in [5.74, 6) is -2.29. The zero-order valence-corrected chi connectivity index (χ0v) is 19.3. The van der Waals surface area contributed by atoms with Crippen molar-refractivity contribution in [2.75, 3.05) is 31.6 Å². The fraction of sp³-hybridized carbons (Fsp3) is 0.333. The highest BCUT2D eigenvalue weighted by Crippen LogP contribution is 2.34. The molecule has 1 aliphatic rings. The van der Waals surface area contributed by atoms with E-state index in [0.717, 1.165) is 18.2 Å². The monoisotopic (exact) mass is 520 g/mol. The van der Waals surface area contributed by atoms with Crippen LogP contribution in [0.15, 0.2) is 52.3 Å². The zero-order valence-electron chi connectivity index (χ0n) is 17.7. The van der Waals surface area contributed by atoms with Crippen LogP contribution in [0.25, 0.3) is 0 Å². The molecule has 0 bridgehead atoms. The number of hydrogen-bond acceptors (Lipinski definition) is 6. The molecule has 1 heterocycles. The van der Waals surface area contributed by atoms with E-state index in [1.807, 2.05) is 5.32 Å². The van der Waals surface area contributed by atoms with E-state index in [1.54, 1.807) is 0 Å². The second-order valence-electron chi connectivity index (χ2n) is 7.57. The van der Waals surface area contributed by atoms with Gasteiger partial charge in [0.1, 0.15) is 0 Å². The summed E-state index contributed by atoms with van der Waals surface area (Å²) in [6, 6.07) is 8.54. The molecule has 8 nitrogen and oxygen atoms in total. The molecule has 3 rings (SSSR count). The molecule has 0 radical (unpaired) electrons. The lowest BCUT2D eigenvalue weighted by Gasteiger charge is -2.27. The average Bonchev–Trinajstić information content (AvgIpc) is 2.79. The SMILES string of the molecule is C[C@@](O)(C(=O)Nc1ccc(S(=O)(=O)c2ccccc2C(=O)N2CCOCC2)cc1Cl)C(F)(F)F. The minimum Gasteiger partial charge on any atom is -0.378 e. The number of aliphatic hydroxyl groups is 1. The van der Waals surface area contributed by atoms with Gasteiger partial charge in [0.05, 0.1) is 39.3 Å². The Bertz CT molecular complexity index is 1210. The average molecular weight is 521 g/mol. The quantitative estimate of drug-likeness (QED) is 0.627. The minimum absolute atomic E-state index is 0.0564. The predicted octanol–water partition coefficient (Wildman–Crippen LogP) is 2.90. The lowest BCUT2D eigenvalue weighted by Crippen LogP contribution is -2.52. The first-order valence-corrected chi connectivity index (χ1v) is 11.7. The first-order chi connectivity index (χ1) is 15.8. The molecule has 34 heavy (non-hydrogen) atoms. The van der Waals surface area contributed by atoms with Crippen molar-refractivity contribution in [3.05, 3.63) is 53.1 Å². The van der Waals surface area contributed by atoms with Crippen LogP contribution in [0.2, 0.25) is 5.02 Å². The standard InChI is InChI=1S/C21H20ClF3N2O6S/c1-20(30,21(23,24)25)19(29)26-16-7-6-13(12-15(16)22)34(31,32)17-5-3-2-4-14(17)18(28)27-8-10-33-11-9-27/h2-7,12,30H,8-11H2,1H3,(H,26,29)/t20-/m1/s1.